The largest absolute Gasteiger partial charge is 0.373 e. The van der Waals surface area contributed by atoms with E-state index in [1.807, 2.05) is 25.1 Å². The predicted molar refractivity (Wildman–Crippen MR) is 86.7 cm³/mol. The van der Waals surface area contributed by atoms with Crippen LogP contribution in [0.4, 0.5) is 15.8 Å². The van der Waals surface area contributed by atoms with Crippen LogP contribution in [0.3, 0.4) is 0 Å². The number of rotatable bonds is 4. The normalized spacial score (nSPS) is 17.7. The maximum Gasteiger partial charge on any atom is 0.256 e. The number of carbonyl (C=O) groups excluding carboxylic acids is 2. The molecule has 2 aromatic rings. The van der Waals surface area contributed by atoms with Crippen molar-refractivity contribution in [3.05, 3.63) is 59.9 Å². The molecule has 1 heterocycles. The van der Waals surface area contributed by atoms with E-state index in [2.05, 4.69) is 5.32 Å². The lowest BCUT2D eigenvalue weighted by atomic mass is 10.1. The number of carbonyl (C=O) groups is 2. The van der Waals surface area contributed by atoms with Crippen LogP contribution in [-0.4, -0.2) is 17.9 Å². The summed E-state index contributed by atoms with van der Waals surface area (Å²) in [4.78, 5) is 26.2. The molecule has 23 heavy (non-hydrogen) atoms. The van der Waals surface area contributed by atoms with E-state index in [0.29, 0.717) is 11.4 Å². The molecule has 1 N–H and O–H groups in total. The average molecular weight is 312 g/mol. The van der Waals surface area contributed by atoms with E-state index in [0.717, 1.165) is 12.0 Å². The number of para-hydroxylation sites is 1. The highest BCUT2D eigenvalue weighted by molar-refractivity contribution is 6.23. The quantitative estimate of drug-likeness (QED) is 0.882. The van der Waals surface area contributed by atoms with E-state index in [-0.39, 0.29) is 24.1 Å². The average Bonchev–Trinajstić information content (AvgIpc) is 2.83. The fourth-order valence-electron chi connectivity index (χ4n) is 2.77. The summed E-state index contributed by atoms with van der Waals surface area (Å²) in [6.07, 6.45) is 0.831. The molecule has 1 fully saturated rings. The van der Waals surface area contributed by atoms with Crippen LogP contribution >= 0.6 is 0 Å². The Kier molecular flexibility index (Phi) is 4.10. The van der Waals surface area contributed by atoms with E-state index in [9.17, 15) is 14.0 Å². The van der Waals surface area contributed by atoms with Crippen molar-refractivity contribution in [2.75, 3.05) is 10.2 Å². The molecule has 2 amide bonds. The number of imide groups is 1. The highest BCUT2D eigenvalue weighted by Crippen LogP contribution is 2.28. The second-order valence-corrected chi connectivity index (χ2v) is 5.46. The van der Waals surface area contributed by atoms with Crippen molar-refractivity contribution in [1.82, 2.24) is 0 Å². The third-order valence-corrected chi connectivity index (χ3v) is 3.95. The van der Waals surface area contributed by atoms with Gasteiger partial charge in [0.25, 0.3) is 5.91 Å². The zero-order valence-corrected chi connectivity index (χ0v) is 12.8. The highest BCUT2D eigenvalue weighted by Gasteiger charge is 2.40. The van der Waals surface area contributed by atoms with Crippen molar-refractivity contribution in [2.45, 2.75) is 25.8 Å². The summed E-state index contributed by atoms with van der Waals surface area (Å²) in [7, 11) is 0. The van der Waals surface area contributed by atoms with Crippen molar-refractivity contribution in [3.63, 3.8) is 0 Å². The van der Waals surface area contributed by atoms with Gasteiger partial charge >= 0.3 is 0 Å². The van der Waals surface area contributed by atoms with Gasteiger partial charge in [0.1, 0.15) is 11.9 Å². The van der Waals surface area contributed by atoms with Gasteiger partial charge in [-0.15, -0.1) is 0 Å². The molecule has 0 bridgehead atoms. The molecule has 1 atom stereocenters. The maximum absolute atomic E-state index is 12.9. The Morgan fingerprint density at radius 3 is 2.52 bits per heavy atom. The first-order valence-corrected chi connectivity index (χ1v) is 7.57. The lowest BCUT2D eigenvalue weighted by Crippen LogP contribution is -2.35. The molecule has 3 rings (SSSR count). The van der Waals surface area contributed by atoms with E-state index >= 15 is 0 Å². The summed E-state index contributed by atoms with van der Waals surface area (Å²) < 4.78 is 12.9. The van der Waals surface area contributed by atoms with E-state index in [1.165, 1.54) is 17.0 Å². The molecule has 0 aliphatic carbocycles. The molecule has 0 radical (unpaired) electrons. The van der Waals surface area contributed by atoms with Crippen molar-refractivity contribution in [2.24, 2.45) is 0 Å². The van der Waals surface area contributed by atoms with Gasteiger partial charge in [-0.3, -0.25) is 9.59 Å². The minimum absolute atomic E-state index is 0.0915. The number of hydrogen-bond acceptors (Lipinski definition) is 3. The Labute approximate surface area is 133 Å². The molecule has 1 aliphatic rings. The van der Waals surface area contributed by atoms with E-state index in [1.54, 1.807) is 18.2 Å². The minimum Gasteiger partial charge on any atom is -0.373 e. The Bertz CT molecular complexity index is 743. The van der Waals surface area contributed by atoms with Gasteiger partial charge in [-0.05, 0) is 42.3 Å². The summed E-state index contributed by atoms with van der Waals surface area (Å²) in [5, 5.41) is 3.01. The van der Waals surface area contributed by atoms with Gasteiger partial charge in [0.15, 0.2) is 0 Å². The second kappa shape index (κ2) is 6.20. The van der Waals surface area contributed by atoms with Crippen LogP contribution in [0.1, 0.15) is 18.9 Å². The number of amides is 2. The van der Waals surface area contributed by atoms with Crippen LogP contribution in [0, 0.1) is 5.82 Å². The number of halogens is 1. The maximum atomic E-state index is 12.9. The predicted octanol–water partition coefficient (Wildman–Crippen LogP) is 3.13. The SMILES string of the molecule is CCc1ccccc1N1C(=O)C[C@H](Nc2ccc(F)cc2)C1=O. The number of aryl methyl sites for hydroxylation is 1. The van der Waals surface area contributed by atoms with Crippen LogP contribution in [0.5, 0.6) is 0 Å². The zero-order chi connectivity index (χ0) is 16.4. The fourth-order valence-corrected chi connectivity index (χ4v) is 2.77. The van der Waals surface area contributed by atoms with Gasteiger partial charge in [-0.25, -0.2) is 9.29 Å². The minimum atomic E-state index is -0.627. The Hall–Kier alpha value is -2.69. The lowest BCUT2D eigenvalue weighted by Gasteiger charge is -2.18. The molecule has 0 saturated carbocycles. The van der Waals surface area contributed by atoms with Gasteiger partial charge in [-0.2, -0.15) is 0 Å². The molecule has 0 spiro atoms. The number of nitrogens with one attached hydrogen (secondary N) is 1. The van der Waals surface area contributed by atoms with E-state index < -0.39 is 6.04 Å². The molecule has 1 saturated heterocycles. The van der Waals surface area contributed by atoms with Crippen molar-refractivity contribution >= 4 is 23.2 Å². The van der Waals surface area contributed by atoms with Crippen LogP contribution in [-0.2, 0) is 16.0 Å². The molecule has 1 aliphatic heterocycles. The number of benzene rings is 2. The summed E-state index contributed by atoms with van der Waals surface area (Å²) in [6, 6.07) is 12.5. The van der Waals surface area contributed by atoms with Crippen molar-refractivity contribution in [1.29, 1.82) is 0 Å². The van der Waals surface area contributed by atoms with Gasteiger partial charge in [0.05, 0.1) is 12.1 Å². The highest BCUT2D eigenvalue weighted by atomic mass is 19.1. The molecular formula is C18H17FN2O2. The lowest BCUT2D eigenvalue weighted by molar-refractivity contribution is -0.121. The molecule has 0 unspecified atom stereocenters. The molecule has 118 valence electrons. The second-order valence-electron chi connectivity index (χ2n) is 5.46. The van der Waals surface area contributed by atoms with E-state index in [4.69, 9.17) is 0 Å². The summed E-state index contributed by atoms with van der Waals surface area (Å²) >= 11 is 0. The van der Waals surface area contributed by atoms with Crippen molar-refractivity contribution in [3.8, 4) is 0 Å². The molecule has 4 nitrogen and oxygen atoms in total. The van der Waals surface area contributed by atoms with Crippen LogP contribution in [0.2, 0.25) is 0 Å². The molecule has 5 heteroatoms. The van der Waals surface area contributed by atoms with Crippen LogP contribution < -0.4 is 10.2 Å². The number of hydrogen-bond donors (Lipinski definition) is 1. The smallest absolute Gasteiger partial charge is 0.256 e. The molecular weight excluding hydrogens is 295 g/mol. The molecule has 2 aromatic carbocycles. The number of anilines is 2. The Balaban J connectivity index is 1.84. The Morgan fingerprint density at radius 1 is 1.13 bits per heavy atom. The first-order valence-electron chi connectivity index (χ1n) is 7.57. The molecule has 0 aromatic heterocycles. The van der Waals surface area contributed by atoms with Gasteiger partial charge in [0.2, 0.25) is 5.91 Å². The summed E-state index contributed by atoms with van der Waals surface area (Å²) in [6.45, 7) is 1.98. The Morgan fingerprint density at radius 2 is 1.83 bits per heavy atom. The first-order chi connectivity index (χ1) is 11.1. The van der Waals surface area contributed by atoms with Gasteiger partial charge in [-0.1, -0.05) is 25.1 Å². The van der Waals surface area contributed by atoms with Crippen LogP contribution in [0.25, 0.3) is 0 Å². The topological polar surface area (TPSA) is 49.4 Å². The standard InChI is InChI=1S/C18H17FN2O2/c1-2-12-5-3-4-6-16(12)21-17(22)11-15(18(21)23)20-14-9-7-13(19)8-10-14/h3-10,15,20H,2,11H2,1H3/t15-/m0/s1. The summed E-state index contributed by atoms with van der Waals surface area (Å²) in [5.41, 5.74) is 2.22. The zero-order valence-electron chi connectivity index (χ0n) is 12.8. The van der Waals surface area contributed by atoms with Gasteiger partial charge in [0, 0.05) is 5.69 Å². The van der Waals surface area contributed by atoms with Crippen LogP contribution in [0.15, 0.2) is 48.5 Å². The third kappa shape index (κ3) is 2.95. The first kappa shape index (κ1) is 15.2. The fraction of sp³-hybridized carbons (Fsp3) is 0.222. The summed E-state index contributed by atoms with van der Waals surface area (Å²) in [5.74, 6) is -0.849. The number of nitrogens with zero attached hydrogens (tertiary/aromatic N) is 1. The van der Waals surface area contributed by atoms with Crippen molar-refractivity contribution < 1.29 is 14.0 Å². The third-order valence-electron chi connectivity index (χ3n) is 3.95. The monoisotopic (exact) mass is 312 g/mol. The van der Waals surface area contributed by atoms with Gasteiger partial charge < -0.3 is 5.32 Å².